The van der Waals surface area contributed by atoms with E-state index < -0.39 is 17.8 Å². The zero-order chi connectivity index (χ0) is 28.8. The van der Waals surface area contributed by atoms with Crippen molar-refractivity contribution in [1.29, 1.82) is 0 Å². The molecule has 1 aliphatic carbocycles. The van der Waals surface area contributed by atoms with E-state index in [1.807, 2.05) is 24.3 Å². The number of likely N-dealkylation sites (tertiary alicyclic amines) is 1. The molecule has 7 rings (SSSR count). The van der Waals surface area contributed by atoms with E-state index in [-0.39, 0.29) is 41.5 Å². The fraction of sp³-hybridized carbons (Fsp3) is 0.226. The minimum atomic E-state index is -0.966. The van der Waals surface area contributed by atoms with Gasteiger partial charge in [-0.1, -0.05) is 70.9 Å². The van der Waals surface area contributed by atoms with Crippen molar-refractivity contribution in [2.24, 2.45) is 0 Å². The smallest absolute Gasteiger partial charge is 0.409 e. The maximum atomic E-state index is 13.0. The van der Waals surface area contributed by atoms with Gasteiger partial charge in [-0.3, -0.25) is 9.59 Å². The molecule has 4 aromatic rings. The summed E-state index contributed by atoms with van der Waals surface area (Å²) in [4.78, 5) is 57.4. The Morgan fingerprint density at radius 2 is 1.33 bits per heavy atom. The van der Waals surface area contributed by atoms with Gasteiger partial charge in [-0.15, -0.1) is 5.10 Å². The van der Waals surface area contributed by atoms with E-state index in [1.165, 1.54) is 29.5 Å². The van der Waals surface area contributed by atoms with Crippen molar-refractivity contribution in [2.75, 3.05) is 19.7 Å². The van der Waals surface area contributed by atoms with Gasteiger partial charge in [0.25, 0.3) is 11.8 Å². The van der Waals surface area contributed by atoms with E-state index in [4.69, 9.17) is 9.57 Å². The second kappa shape index (κ2) is 10.3. The van der Waals surface area contributed by atoms with Crippen molar-refractivity contribution in [2.45, 2.75) is 24.8 Å². The van der Waals surface area contributed by atoms with E-state index in [2.05, 4.69) is 34.6 Å². The topological polar surface area (TPSA) is 124 Å². The molecule has 0 saturated carbocycles. The predicted molar refractivity (Wildman–Crippen MR) is 147 cm³/mol. The van der Waals surface area contributed by atoms with Crippen LogP contribution in [0.4, 0.5) is 4.79 Å². The number of carbonyl (C=O) groups excluding carboxylic acids is 4. The van der Waals surface area contributed by atoms with E-state index in [0.29, 0.717) is 31.0 Å². The molecule has 0 bridgehead atoms. The largest absolute Gasteiger partial charge is 0.448 e. The van der Waals surface area contributed by atoms with Gasteiger partial charge in [-0.05, 0) is 47.2 Å². The minimum Gasteiger partial charge on any atom is -0.448 e. The van der Waals surface area contributed by atoms with Gasteiger partial charge in [0.2, 0.25) is 0 Å². The summed E-state index contributed by atoms with van der Waals surface area (Å²) in [7, 11) is 0. The number of piperidine rings is 1. The van der Waals surface area contributed by atoms with Crippen molar-refractivity contribution in [1.82, 2.24) is 25.0 Å². The molecule has 42 heavy (non-hydrogen) atoms. The second-order valence-electron chi connectivity index (χ2n) is 10.4. The molecule has 0 N–H and O–H groups in total. The highest BCUT2D eigenvalue weighted by molar-refractivity contribution is 6.21. The Kier molecular flexibility index (Phi) is 6.26. The van der Waals surface area contributed by atoms with Crippen molar-refractivity contribution in [3.8, 4) is 11.1 Å². The molecule has 0 radical (unpaired) electrons. The van der Waals surface area contributed by atoms with Gasteiger partial charge in [0.1, 0.15) is 6.61 Å². The zero-order valence-electron chi connectivity index (χ0n) is 22.4. The number of aromatic nitrogens is 3. The monoisotopic (exact) mass is 563 g/mol. The van der Waals surface area contributed by atoms with Gasteiger partial charge in [-0.2, -0.15) is 0 Å². The highest BCUT2D eigenvalue weighted by Crippen LogP contribution is 2.44. The maximum absolute atomic E-state index is 13.0. The number of fused-ring (bicyclic) bond motifs is 4. The SMILES string of the molecule is O=C(ON1C(=O)c2ccccc2C1=O)c1cn(C2CCN(C(=O)OCC3c4ccccc4-c4ccccc43)CC2)nn1. The second-order valence-corrected chi connectivity index (χ2v) is 10.4. The van der Waals surface area contributed by atoms with Gasteiger partial charge >= 0.3 is 12.1 Å². The molecule has 1 fully saturated rings. The fourth-order valence-corrected chi connectivity index (χ4v) is 5.93. The Morgan fingerprint density at radius 3 is 1.93 bits per heavy atom. The van der Waals surface area contributed by atoms with Crippen LogP contribution >= 0.6 is 0 Å². The zero-order valence-corrected chi connectivity index (χ0v) is 22.4. The molecule has 0 unspecified atom stereocenters. The number of ether oxygens (including phenoxy) is 1. The molecule has 1 aromatic heterocycles. The number of hydrogen-bond donors (Lipinski definition) is 0. The molecule has 1 saturated heterocycles. The Balaban J connectivity index is 0.937. The summed E-state index contributed by atoms with van der Waals surface area (Å²) in [5, 5.41) is 8.38. The lowest BCUT2D eigenvalue weighted by Gasteiger charge is -2.31. The lowest BCUT2D eigenvalue weighted by molar-refractivity contribution is -0.0588. The molecule has 3 aliphatic rings. The Hall–Kier alpha value is -5.32. The van der Waals surface area contributed by atoms with E-state index in [0.717, 1.165) is 11.1 Å². The van der Waals surface area contributed by atoms with Crippen molar-refractivity contribution < 1.29 is 28.8 Å². The van der Waals surface area contributed by atoms with Crippen molar-refractivity contribution in [3.63, 3.8) is 0 Å². The first kappa shape index (κ1) is 25.6. The molecule has 0 atom stereocenters. The summed E-state index contributed by atoms with van der Waals surface area (Å²) in [5.41, 5.74) is 4.88. The molecule has 3 amide bonds. The minimum absolute atomic E-state index is 0.00692. The number of hydroxylamine groups is 2. The van der Waals surface area contributed by atoms with E-state index in [1.54, 1.807) is 21.7 Å². The van der Waals surface area contributed by atoms with Crippen LogP contribution in [0.25, 0.3) is 11.1 Å². The lowest BCUT2D eigenvalue weighted by atomic mass is 9.98. The number of hydrogen-bond acceptors (Lipinski definition) is 8. The van der Waals surface area contributed by atoms with Gasteiger partial charge in [-0.25, -0.2) is 14.3 Å². The third-order valence-corrected chi connectivity index (χ3v) is 8.08. The predicted octanol–water partition coefficient (Wildman–Crippen LogP) is 4.23. The van der Waals surface area contributed by atoms with Crippen LogP contribution in [0, 0.1) is 0 Å². The summed E-state index contributed by atoms with van der Waals surface area (Å²) in [6, 6.07) is 22.5. The molecule has 210 valence electrons. The Bertz CT molecular complexity index is 1660. The number of nitrogens with zero attached hydrogens (tertiary/aromatic N) is 5. The first-order valence-electron chi connectivity index (χ1n) is 13.7. The lowest BCUT2D eigenvalue weighted by Crippen LogP contribution is -2.40. The average molecular weight is 564 g/mol. The average Bonchev–Trinajstić information content (AvgIpc) is 3.71. The molecule has 3 heterocycles. The van der Waals surface area contributed by atoms with Gasteiger partial charge in [0, 0.05) is 19.0 Å². The Morgan fingerprint density at radius 1 is 0.786 bits per heavy atom. The first-order valence-corrected chi connectivity index (χ1v) is 13.7. The summed E-state index contributed by atoms with van der Waals surface area (Å²) in [5.74, 6) is -2.40. The van der Waals surface area contributed by atoms with Crippen molar-refractivity contribution in [3.05, 3.63) is 107 Å². The van der Waals surface area contributed by atoms with Gasteiger partial charge in [0.15, 0.2) is 5.69 Å². The fourth-order valence-electron chi connectivity index (χ4n) is 5.93. The Labute approximate surface area is 240 Å². The number of amides is 3. The molecule has 11 nitrogen and oxygen atoms in total. The number of carbonyl (C=O) groups is 4. The van der Waals surface area contributed by atoms with Crippen LogP contribution in [-0.4, -0.2) is 68.5 Å². The highest BCUT2D eigenvalue weighted by atomic mass is 16.7. The van der Waals surface area contributed by atoms with Gasteiger partial charge < -0.3 is 14.5 Å². The normalized spacial score (nSPS) is 16.3. The number of rotatable bonds is 5. The quantitative estimate of drug-likeness (QED) is 0.331. The standard InChI is InChI=1S/C31H25N5O6/c37-28-24-11-5-6-12-25(24)29(38)36(28)42-30(39)27-17-35(33-32-27)19-13-15-34(16-14-19)31(40)41-18-26-22-9-3-1-7-20(22)21-8-2-4-10-23(21)26/h1-12,17,19,26H,13-16,18H2. The molecular weight excluding hydrogens is 538 g/mol. The summed E-state index contributed by atoms with van der Waals surface area (Å²) in [6.45, 7) is 1.17. The first-order chi connectivity index (χ1) is 20.5. The van der Waals surface area contributed by atoms with Gasteiger partial charge in [0.05, 0.1) is 23.4 Å². The molecule has 11 heteroatoms. The third kappa shape index (κ3) is 4.30. The van der Waals surface area contributed by atoms with Crippen LogP contribution in [0.15, 0.2) is 79.0 Å². The number of benzene rings is 3. The highest BCUT2D eigenvalue weighted by Gasteiger charge is 2.39. The van der Waals surface area contributed by atoms with Crippen LogP contribution in [0.2, 0.25) is 0 Å². The summed E-state index contributed by atoms with van der Waals surface area (Å²) in [6.07, 6.45) is 2.23. The van der Waals surface area contributed by atoms with Crippen LogP contribution in [-0.2, 0) is 9.57 Å². The van der Waals surface area contributed by atoms with Crippen LogP contribution < -0.4 is 0 Å². The van der Waals surface area contributed by atoms with Crippen molar-refractivity contribution >= 4 is 23.9 Å². The van der Waals surface area contributed by atoms with Crippen LogP contribution in [0.5, 0.6) is 0 Å². The molecule has 3 aromatic carbocycles. The van der Waals surface area contributed by atoms with E-state index in [9.17, 15) is 19.2 Å². The van der Waals surface area contributed by atoms with Crippen LogP contribution in [0.1, 0.15) is 67.1 Å². The van der Waals surface area contributed by atoms with Crippen LogP contribution in [0.3, 0.4) is 0 Å². The molecule has 2 aliphatic heterocycles. The number of imide groups is 1. The van der Waals surface area contributed by atoms with E-state index >= 15 is 0 Å². The third-order valence-electron chi connectivity index (χ3n) is 8.08. The maximum Gasteiger partial charge on any atom is 0.409 e. The summed E-state index contributed by atoms with van der Waals surface area (Å²) < 4.78 is 7.34. The molecule has 0 spiro atoms. The summed E-state index contributed by atoms with van der Waals surface area (Å²) >= 11 is 0. The molecular formula is C31H25N5O6.